The third-order valence-electron chi connectivity index (χ3n) is 4.16. The maximum Gasteiger partial charge on any atom is 0.0575 e. The molecule has 0 bridgehead atoms. The smallest absolute Gasteiger partial charge is 0.0575 e. The molecular formula is C19H40O. The molecule has 122 valence electrons. The molecule has 0 aliphatic carbocycles. The Labute approximate surface area is 128 Å². The van der Waals surface area contributed by atoms with E-state index in [0.717, 1.165) is 6.61 Å². The fraction of sp³-hybridized carbons (Fsp3) is 1.00. The van der Waals surface area contributed by atoms with Crippen molar-refractivity contribution in [2.45, 2.75) is 117 Å². The summed E-state index contributed by atoms with van der Waals surface area (Å²) in [5.41, 5.74) is 0. The summed E-state index contributed by atoms with van der Waals surface area (Å²) in [6, 6.07) is 0. The molecule has 1 atom stereocenters. The number of hydrogen-bond donors (Lipinski definition) is 0. The summed E-state index contributed by atoms with van der Waals surface area (Å²) in [5, 5.41) is 0. The third-order valence-corrected chi connectivity index (χ3v) is 4.16. The van der Waals surface area contributed by atoms with Gasteiger partial charge >= 0.3 is 0 Å². The highest BCUT2D eigenvalue weighted by Gasteiger charge is 2.07. The maximum atomic E-state index is 5.88. The molecule has 0 saturated carbocycles. The van der Waals surface area contributed by atoms with Gasteiger partial charge in [-0.15, -0.1) is 0 Å². The van der Waals surface area contributed by atoms with Crippen molar-refractivity contribution in [1.29, 1.82) is 0 Å². The van der Waals surface area contributed by atoms with E-state index >= 15 is 0 Å². The first-order valence-electron chi connectivity index (χ1n) is 9.46. The second kappa shape index (κ2) is 17.0. The monoisotopic (exact) mass is 284 g/mol. The van der Waals surface area contributed by atoms with E-state index in [9.17, 15) is 0 Å². The molecule has 1 nitrogen and oxygen atoms in total. The quantitative estimate of drug-likeness (QED) is 0.280. The zero-order chi connectivity index (χ0) is 14.9. The lowest BCUT2D eigenvalue weighted by Crippen LogP contribution is -2.12. The molecule has 20 heavy (non-hydrogen) atoms. The van der Waals surface area contributed by atoms with Crippen LogP contribution in [0.1, 0.15) is 111 Å². The van der Waals surface area contributed by atoms with Crippen molar-refractivity contribution in [2.75, 3.05) is 6.61 Å². The molecule has 0 fully saturated rings. The fourth-order valence-electron chi connectivity index (χ4n) is 2.85. The Kier molecular flexibility index (Phi) is 17.0. The third kappa shape index (κ3) is 14.4. The molecule has 0 N–H and O–H groups in total. The molecule has 0 radical (unpaired) electrons. The second-order valence-corrected chi connectivity index (χ2v) is 6.19. The van der Waals surface area contributed by atoms with E-state index in [4.69, 9.17) is 4.74 Å². The topological polar surface area (TPSA) is 9.23 Å². The van der Waals surface area contributed by atoms with Gasteiger partial charge in [-0.1, -0.05) is 90.9 Å². The van der Waals surface area contributed by atoms with Crippen LogP contribution in [0, 0.1) is 0 Å². The fourth-order valence-corrected chi connectivity index (χ4v) is 2.85. The zero-order valence-corrected chi connectivity index (χ0v) is 14.6. The van der Waals surface area contributed by atoms with Gasteiger partial charge in [0.15, 0.2) is 0 Å². The largest absolute Gasteiger partial charge is 0.379 e. The van der Waals surface area contributed by atoms with Crippen molar-refractivity contribution in [3.8, 4) is 0 Å². The first-order valence-corrected chi connectivity index (χ1v) is 9.46. The van der Waals surface area contributed by atoms with Gasteiger partial charge in [0.2, 0.25) is 0 Å². The maximum absolute atomic E-state index is 5.88. The van der Waals surface area contributed by atoms with Crippen LogP contribution in [0.15, 0.2) is 0 Å². The summed E-state index contributed by atoms with van der Waals surface area (Å²) >= 11 is 0. The highest BCUT2D eigenvalue weighted by molar-refractivity contribution is 4.59. The average molecular weight is 285 g/mol. The Morgan fingerprint density at radius 1 is 0.550 bits per heavy atom. The average Bonchev–Trinajstić information content (AvgIpc) is 2.46. The van der Waals surface area contributed by atoms with Crippen molar-refractivity contribution in [3.63, 3.8) is 0 Å². The molecule has 0 amide bonds. The molecule has 0 aromatic heterocycles. The standard InChI is InChI=1S/C19H40O/c1-4-7-9-11-12-13-14-16-18-19(20-6-3)17-15-10-8-5-2/h19H,4-18H2,1-3H3. The van der Waals surface area contributed by atoms with Gasteiger partial charge in [-0.2, -0.15) is 0 Å². The normalized spacial score (nSPS) is 12.8. The molecular weight excluding hydrogens is 244 g/mol. The summed E-state index contributed by atoms with van der Waals surface area (Å²) in [7, 11) is 0. The zero-order valence-electron chi connectivity index (χ0n) is 14.6. The Balaban J connectivity index is 3.40. The number of hydrogen-bond acceptors (Lipinski definition) is 1. The van der Waals surface area contributed by atoms with Crippen molar-refractivity contribution in [3.05, 3.63) is 0 Å². The molecule has 1 unspecified atom stereocenters. The molecule has 0 rings (SSSR count). The van der Waals surface area contributed by atoms with Gasteiger partial charge in [0, 0.05) is 6.61 Å². The number of unbranched alkanes of at least 4 members (excludes halogenated alkanes) is 10. The minimum absolute atomic E-state index is 0.539. The van der Waals surface area contributed by atoms with E-state index in [1.807, 2.05) is 0 Å². The predicted molar refractivity (Wildman–Crippen MR) is 91.4 cm³/mol. The van der Waals surface area contributed by atoms with Crippen LogP contribution in [-0.4, -0.2) is 12.7 Å². The first-order chi connectivity index (χ1) is 9.85. The summed E-state index contributed by atoms with van der Waals surface area (Å²) in [6.07, 6.45) is 19.9. The van der Waals surface area contributed by atoms with E-state index in [-0.39, 0.29) is 0 Å². The molecule has 0 spiro atoms. The van der Waals surface area contributed by atoms with Gasteiger partial charge < -0.3 is 4.74 Å². The lowest BCUT2D eigenvalue weighted by Gasteiger charge is -2.16. The Bertz CT molecular complexity index is 167. The summed E-state index contributed by atoms with van der Waals surface area (Å²) in [4.78, 5) is 0. The minimum atomic E-state index is 0.539. The van der Waals surface area contributed by atoms with Crippen LogP contribution in [0.4, 0.5) is 0 Å². The van der Waals surface area contributed by atoms with Crippen molar-refractivity contribution in [2.24, 2.45) is 0 Å². The first kappa shape index (κ1) is 20.0. The van der Waals surface area contributed by atoms with E-state index in [2.05, 4.69) is 20.8 Å². The minimum Gasteiger partial charge on any atom is -0.379 e. The van der Waals surface area contributed by atoms with Gasteiger partial charge in [-0.05, 0) is 19.8 Å². The van der Waals surface area contributed by atoms with E-state index in [1.165, 1.54) is 89.9 Å². The van der Waals surface area contributed by atoms with Crippen LogP contribution in [-0.2, 0) is 4.74 Å². The summed E-state index contributed by atoms with van der Waals surface area (Å²) < 4.78 is 5.88. The number of rotatable bonds is 16. The molecule has 0 heterocycles. The van der Waals surface area contributed by atoms with E-state index < -0.39 is 0 Å². The van der Waals surface area contributed by atoms with Gasteiger partial charge in [0.25, 0.3) is 0 Å². The SMILES string of the molecule is CCCCCCCCCCC(CCCCCC)OCC. The van der Waals surface area contributed by atoms with Crippen molar-refractivity contribution < 1.29 is 4.74 Å². The van der Waals surface area contributed by atoms with E-state index in [0.29, 0.717) is 6.10 Å². The second-order valence-electron chi connectivity index (χ2n) is 6.19. The molecule has 0 saturated heterocycles. The molecule has 0 aliphatic rings. The van der Waals surface area contributed by atoms with Gasteiger partial charge in [-0.25, -0.2) is 0 Å². The van der Waals surface area contributed by atoms with Crippen LogP contribution in [0.2, 0.25) is 0 Å². The molecule has 0 aliphatic heterocycles. The molecule has 0 aromatic carbocycles. The lowest BCUT2D eigenvalue weighted by atomic mass is 10.0. The predicted octanol–water partition coefficient (Wildman–Crippen LogP) is 6.89. The summed E-state index contributed by atoms with van der Waals surface area (Å²) in [6.45, 7) is 7.58. The van der Waals surface area contributed by atoms with Crippen LogP contribution in [0.3, 0.4) is 0 Å². The van der Waals surface area contributed by atoms with Crippen LogP contribution >= 0.6 is 0 Å². The Morgan fingerprint density at radius 3 is 1.40 bits per heavy atom. The molecule has 1 heteroatoms. The van der Waals surface area contributed by atoms with Gasteiger partial charge in [0.1, 0.15) is 0 Å². The van der Waals surface area contributed by atoms with Gasteiger partial charge in [0.05, 0.1) is 6.10 Å². The van der Waals surface area contributed by atoms with Gasteiger partial charge in [-0.3, -0.25) is 0 Å². The van der Waals surface area contributed by atoms with E-state index in [1.54, 1.807) is 0 Å². The van der Waals surface area contributed by atoms with Crippen LogP contribution < -0.4 is 0 Å². The highest BCUT2D eigenvalue weighted by Crippen LogP contribution is 2.16. The number of ether oxygens (including phenoxy) is 1. The molecule has 0 aromatic rings. The van der Waals surface area contributed by atoms with Crippen LogP contribution in [0.25, 0.3) is 0 Å². The Hall–Kier alpha value is -0.0400. The highest BCUT2D eigenvalue weighted by atomic mass is 16.5. The lowest BCUT2D eigenvalue weighted by molar-refractivity contribution is 0.0470. The van der Waals surface area contributed by atoms with Crippen molar-refractivity contribution >= 4 is 0 Å². The summed E-state index contributed by atoms with van der Waals surface area (Å²) in [5.74, 6) is 0. The Morgan fingerprint density at radius 2 is 0.950 bits per heavy atom. The van der Waals surface area contributed by atoms with Crippen molar-refractivity contribution in [1.82, 2.24) is 0 Å². The van der Waals surface area contributed by atoms with Crippen LogP contribution in [0.5, 0.6) is 0 Å².